The van der Waals surface area contributed by atoms with Gasteiger partial charge < -0.3 is 20.9 Å². The van der Waals surface area contributed by atoms with Crippen molar-refractivity contribution in [2.24, 2.45) is 0 Å². The van der Waals surface area contributed by atoms with Gasteiger partial charge in [0.2, 0.25) is 0 Å². The van der Waals surface area contributed by atoms with Gasteiger partial charge in [-0.15, -0.1) is 41.6 Å². The number of aromatic nitrogens is 1. The molecule has 0 radical (unpaired) electrons. The molecule has 0 bridgehead atoms. The van der Waals surface area contributed by atoms with Gasteiger partial charge in [-0.2, -0.15) is 28.2 Å². The molecule has 0 aliphatic heterocycles. The van der Waals surface area contributed by atoms with E-state index in [0.29, 0.717) is 11.8 Å². The first-order chi connectivity index (χ1) is 22.3. The second kappa shape index (κ2) is 18.6. The maximum Gasteiger partial charge on any atom is 4.00 e. The summed E-state index contributed by atoms with van der Waals surface area (Å²) in [5, 5.41) is 17.6. The number of nitrogens with zero attached hydrogens (tertiary/aromatic N) is 4. The summed E-state index contributed by atoms with van der Waals surface area (Å²) in [5.74, 6) is 0.703. The van der Waals surface area contributed by atoms with Crippen LogP contribution in [0.2, 0.25) is 0 Å². The minimum Gasteiger partial charge on any atom is -0.673 e. The average molecular weight is 785 g/mol. The first-order valence-corrected chi connectivity index (χ1v) is 16.0. The van der Waals surface area contributed by atoms with Crippen molar-refractivity contribution in [2.75, 3.05) is 28.2 Å². The molecular weight excluding hydrogens is 739 g/mol. The van der Waals surface area contributed by atoms with E-state index in [1.54, 1.807) is 28.2 Å². The fraction of sp³-hybridized carbons (Fsp3) is 0.262. The molecule has 0 N–H and O–H groups in total. The zero-order chi connectivity index (χ0) is 33.1. The Morgan fingerprint density at radius 3 is 1.72 bits per heavy atom. The molecule has 0 fully saturated rings. The van der Waals surface area contributed by atoms with Crippen LogP contribution in [-0.4, -0.2) is 33.2 Å². The molecule has 0 amide bonds. The summed E-state index contributed by atoms with van der Waals surface area (Å²) >= 11 is 0. The zero-order valence-corrected chi connectivity index (χ0v) is 32.6. The Labute approximate surface area is 301 Å². The van der Waals surface area contributed by atoms with Crippen LogP contribution in [-0.2, 0) is 25.8 Å². The van der Waals surface area contributed by atoms with Crippen LogP contribution in [0.3, 0.4) is 0 Å². The summed E-state index contributed by atoms with van der Waals surface area (Å²) in [6.45, 7) is 9.01. The summed E-state index contributed by atoms with van der Waals surface area (Å²) in [5.41, 5.74) is 7.63. The van der Waals surface area contributed by atoms with Crippen LogP contribution in [0.4, 0.5) is 5.69 Å². The van der Waals surface area contributed by atoms with Crippen molar-refractivity contribution in [1.82, 2.24) is 4.98 Å². The molecule has 1 unspecified atom stereocenters. The number of para-hydroxylation sites is 1. The SMILES string of the molecule is CC(C)c1cccc(C(C)C)c1[N-]C(c1cccc(-c2[c-]cccc2)n1)c1cc2ccccc2c2ccccc12.C[N-]C.C[N-]C.[Hf+4]. The second-order valence-electron chi connectivity index (χ2n) is 12.0. The molecule has 1 aromatic heterocycles. The van der Waals surface area contributed by atoms with E-state index in [9.17, 15) is 0 Å². The number of fused-ring (bicyclic) bond motifs is 3. The first-order valence-electron chi connectivity index (χ1n) is 16.0. The Morgan fingerprint density at radius 1 is 0.574 bits per heavy atom. The molecule has 0 spiro atoms. The number of pyridine rings is 1. The van der Waals surface area contributed by atoms with Gasteiger partial charge in [-0.3, -0.25) is 0 Å². The van der Waals surface area contributed by atoms with Gasteiger partial charge in [0.15, 0.2) is 0 Å². The van der Waals surface area contributed by atoms with Crippen molar-refractivity contribution in [3.63, 3.8) is 0 Å². The summed E-state index contributed by atoms with van der Waals surface area (Å²) in [6, 6.07) is 43.7. The predicted octanol–water partition coefficient (Wildman–Crippen LogP) is 12.1. The van der Waals surface area contributed by atoms with E-state index >= 15 is 0 Å². The molecule has 0 aliphatic rings. The first kappa shape index (κ1) is 37.8. The van der Waals surface area contributed by atoms with E-state index in [1.165, 1.54) is 38.2 Å². The summed E-state index contributed by atoms with van der Waals surface area (Å²) in [4.78, 5) is 5.23. The third-order valence-corrected chi connectivity index (χ3v) is 7.73. The molecule has 0 saturated carbocycles. The minimum absolute atomic E-state index is 0. The smallest absolute Gasteiger partial charge is 0.673 e. The van der Waals surface area contributed by atoms with E-state index in [0.717, 1.165) is 22.6 Å². The van der Waals surface area contributed by atoms with Gasteiger partial charge >= 0.3 is 25.8 Å². The van der Waals surface area contributed by atoms with Crippen LogP contribution in [0.25, 0.3) is 48.8 Å². The Morgan fingerprint density at radius 2 is 1.13 bits per heavy atom. The summed E-state index contributed by atoms with van der Waals surface area (Å²) < 4.78 is 0. The maximum absolute atomic E-state index is 5.66. The van der Waals surface area contributed by atoms with Gasteiger partial charge in [-0.05, 0) is 56.7 Å². The molecule has 6 aromatic rings. The Balaban J connectivity index is 0.000000799. The van der Waals surface area contributed by atoms with Crippen LogP contribution in [0, 0.1) is 6.07 Å². The van der Waals surface area contributed by atoms with Crippen molar-refractivity contribution in [3.05, 3.63) is 160 Å². The van der Waals surface area contributed by atoms with E-state index in [-0.39, 0.29) is 31.9 Å². The van der Waals surface area contributed by atoms with Gasteiger partial charge in [-0.25, -0.2) is 0 Å². The van der Waals surface area contributed by atoms with Crippen LogP contribution in [0.15, 0.2) is 115 Å². The van der Waals surface area contributed by atoms with E-state index in [2.05, 4.69) is 141 Å². The molecule has 5 heteroatoms. The predicted molar refractivity (Wildman–Crippen MR) is 200 cm³/mol. The molecule has 5 aromatic carbocycles. The molecular formula is C42H46HfN4. The van der Waals surface area contributed by atoms with Crippen molar-refractivity contribution in [1.29, 1.82) is 0 Å². The molecule has 0 aliphatic carbocycles. The van der Waals surface area contributed by atoms with Gasteiger partial charge in [0.1, 0.15) is 0 Å². The van der Waals surface area contributed by atoms with Crippen molar-refractivity contribution in [3.8, 4) is 11.3 Å². The van der Waals surface area contributed by atoms with Crippen LogP contribution in [0.5, 0.6) is 0 Å². The number of hydrogen-bond donors (Lipinski definition) is 0. The molecule has 4 nitrogen and oxygen atoms in total. The molecule has 0 saturated heterocycles. The Bertz CT molecular complexity index is 1800. The zero-order valence-electron chi connectivity index (χ0n) is 29.0. The van der Waals surface area contributed by atoms with Gasteiger partial charge in [0.05, 0.1) is 0 Å². The molecule has 1 heterocycles. The van der Waals surface area contributed by atoms with E-state index in [4.69, 9.17) is 10.3 Å². The fourth-order valence-electron chi connectivity index (χ4n) is 5.70. The molecule has 47 heavy (non-hydrogen) atoms. The Kier molecular flexibility index (Phi) is 15.0. The number of rotatable bonds is 7. The quantitative estimate of drug-likeness (QED) is 0.0903. The molecule has 6 rings (SSSR count). The van der Waals surface area contributed by atoms with E-state index < -0.39 is 0 Å². The van der Waals surface area contributed by atoms with Crippen molar-refractivity contribution in [2.45, 2.75) is 45.6 Å². The topological polar surface area (TPSA) is 55.2 Å². The summed E-state index contributed by atoms with van der Waals surface area (Å²) in [7, 11) is 7.00. The third kappa shape index (κ3) is 9.25. The monoisotopic (exact) mass is 786 g/mol. The number of hydrogen-bond acceptors (Lipinski definition) is 1. The molecule has 238 valence electrons. The average Bonchev–Trinajstić information content (AvgIpc) is 3.08. The third-order valence-electron chi connectivity index (χ3n) is 7.73. The van der Waals surface area contributed by atoms with Crippen molar-refractivity contribution >= 4 is 27.2 Å². The van der Waals surface area contributed by atoms with Gasteiger partial charge in [0, 0.05) is 5.69 Å². The summed E-state index contributed by atoms with van der Waals surface area (Å²) in [6.07, 6.45) is 0. The number of benzene rings is 5. The maximum atomic E-state index is 5.66. The van der Waals surface area contributed by atoms with Crippen LogP contribution >= 0.6 is 0 Å². The standard InChI is InChI=1S/C38H34N2.2C2H6N.Hf/c1-25(2)29-20-12-21-30(26(3)4)37(29)40-38(36-23-13-22-35(39-36)27-14-6-5-7-15-27)34-24-28-16-8-9-17-31(28)32-18-10-11-19-33(32)34;2*1-3-2;/h5-14,16-26,38H,1-4H3;2*1-2H3;/q-2;2*-1;+4. The van der Waals surface area contributed by atoms with E-state index in [1.807, 2.05) is 18.2 Å². The molecule has 1 atom stereocenters. The normalized spacial score (nSPS) is 11.3. The largest absolute Gasteiger partial charge is 4.00 e. The van der Waals surface area contributed by atoms with Gasteiger partial charge in [-0.1, -0.05) is 124 Å². The minimum atomic E-state index is -0.282. The Hall–Kier alpha value is -3.64. The van der Waals surface area contributed by atoms with Crippen LogP contribution in [0.1, 0.15) is 68.0 Å². The van der Waals surface area contributed by atoms with Crippen LogP contribution < -0.4 is 0 Å². The second-order valence-corrected chi connectivity index (χ2v) is 12.0. The van der Waals surface area contributed by atoms with Gasteiger partial charge in [0.25, 0.3) is 0 Å². The van der Waals surface area contributed by atoms with Crippen molar-refractivity contribution < 1.29 is 25.8 Å². The fourth-order valence-corrected chi connectivity index (χ4v) is 5.70.